The van der Waals surface area contributed by atoms with E-state index < -0.39 is 6.04 Å². The zero-order valence-corrected chi connectivity index (χ0v) is 9.60. The molecule has 1 rings (SSSR count). The Labute approximate surface area is 95.0 Å². The Morgan fingerprint density at radius 1 is 1.50 bits per heavy atom. The van der Waals surface area contributed by atoms with E-state index in [1.165, 1.54) is 7.11 Å². The molecule has 1 atom stereocenters. The first-order chi connectivity index (χ1) is 7.61. The third-order valence-electron chi connectivity index (χ3n) is 2.53. The van der Waals surface area contributed by atoms with Crippen LogP contribution in [0.3, 0.4) is 0 Å². The van der Waals surface area contributed by atoms with Crippen LogP contribution in [0.25, 0.3) is 0 Å². The van der Waals surface area contributed by atoms with Crippen molar-refractivity contribution < 1.29 is 9.53 Å². The van der Waals surface area contributed by atoms with Crippen molar-refractivity contribution in [2.75, 3.05) is 19.1 Å². The maximum absolute atomic E-state index is 11.4. The van der Waals surface area contributed by atoms with E-state index in [2.05, 4.69) is 10.8 Å². The molecule has 1 unspecified atom stereocenters. The number of esters is 1. The number of rotatable bonds is 3. The van der Waals surface area contributed by atoms with Crippen molar-refractivity contribution in [2.45, 2.75) is 13.0 Å². The standard InChI is InChI=1S/C12H14N2O2/c1-9(12(15)16-3)14(2)11-7-5-4-6-10(11)8-13/h4-7,9H,1-3H3. The number of para-hydroxylation sites is 1. The Morgan fingerprint density at radius 2 is 2.12 bits per heavy atom. The summed E-state index contributed by atoms with van der Waals surface area (Å²) < 4.78 is 4.66. The first kappa shape index (κ1) is 12.1. The first-order valence-electron chi connectivity index (χ1n) is 4.91. The van der Waals surface area contributed by atoms with Crippen LogP contribution in [-0.4, -0.2) is 26.2 Å². The van der Waals surface area contributed by atoms with Gasteiger partial charge in [-0.2, -0.15) is 5.26 Å². The monoisotopic (exact) mass is 218 g/mol. The number of anilines is 1. The Kier molecular flexibility index (Phi) is 3.90. The van der Waals surface area contributed by atoms with Gasteiger partial charge in [-0.25, -0.2) is 4.79 Å². The Bertz CT molecular complexity index is 423. The lowest BCUT2D eigenvalue weighted by Gasteiger charge is -2.25. The number of carbonyl (C=O) groups excluding carboxylic acids is 1. The SMILES string of the molecule is COC(=O)C(C)N(C)c1ccccc1C#N. The van der Waals surface area contributed by atoms with Crippen LogP contribution in [0.2, 0.25) is 0 Å². The quantitative estimate of drug-likeness (QED) is 0.722. The summed E-state index contributed by atoms with van der Waals surface area (Å²) in [5.74, 6) is -0.324. The number of hydrogen-bond acceptors (Lipinski definition) is 4. The minimum absolute atomic E-state index is 0.324. The summed E-state index contributed by atoms with van der Waals surface area (Å²) in [4.78, 5) is 13.1. The molecule has 0 saturated heterocycles. The van der Waals surface area contributed by atoms with Crippen LogP contribution < -0.4 is 4.90 Å². The number of carbonyl (C=O) groups is 1. The molecule has 0 spiro atoms. The molecule has 84 valence electrons. The van der Waals surface area contributed by atoms with Gasteiger partial charge in [0.15, 0.2) is 0 Å². The van der Waals surface area contributed by atoms with Crippen LogP contribution >= 0.6 is 0 Å². The highest BCUT2D eigenvalue weighted by atomic mass is 16.5. The molecule has 0 N–H and O–H groups in total. The molecule has 0 fully saturated rings. The van der Waals surface area contributed by atoms with E-state index in [0.717, 1.165) is 5.69 Å². The number of benzene rings is 1. The van der Waals surface area contributed by atoms with Crippen molar-refractivity contribution in [1.82, 2.24) is 0 Å². The predicted octanol–water partition coefficient (Wildman–Crippen LogP) is 1.56. The largest absolute Gasteiger partial charge is 0.467 e. The zero-order valence-electron chi connectivity index (χ0n) is 9.60. The van der Waals surface area contributed by atoms with Crippen molar-refractivity contribution in [3.63, 3.8) is 0 Å². The van der Waals surface area contributed by atoms with Gasteiger partial charge in [0.25, 0.3) is 0 Å². The van der Waals surface area contributed by atoms with Gasteiger partial charge in [-0.15, -0.1) is 0 Å². The second-order valence-corrected chi connectivity index (χ2v) is 3.44. The molecule has 0 heterocycles. The van der Waals surface area contributed by atoms with Gasteiger partial charge in [0, 0.05) is 7.05 Å². The maximum atomic E-state index is 11.4. The second kappa shape index (κ2) is 5.17. The molecular weight excluding hydrogens is 204 g/mol. The van der Waals surface area contributed by atoms with Gasteiger partial charge in [0.2, 0.25) is 0 Å². The summed E-state index contributed by atoms with van der Waals surface area (Å²) in [7, 11) is 3.11. The van der Waals surface area contributed by atoms with Gasteiger partial charge in [0.05, 0.1) is 18.4 Å². The van der Waals surface area contributed by atoms with Crippen molar-refractivity contribution in [3.05, 3.63) is 29.8 Å². The van der Waals surface area contributed by atoms with Gasteiger partial charge >= 0.3 is 5.97 Å². The number of hydrogen-bond donors (Lipinski definition) is 0. The maximum Gasteiger partial charge on any atom is 0.328 e. The van der Waals surface area contributed by atoms with Gasteiger partial charge in [0.1, 0.15) is 12.1 Å². The molecule has 0 aliphatic heterocycles. The van der Waals surface area contributed by atoms with Crippen molar-refractivity contribution in [3.8, 4) is 6.07 Å². The molecular formula is C12H14N2O2. The lowest BCUT2D eigenvalue weighted by Crippen LogP contribution is -2.37. The van der Waals surface area contributed by atoms with Crippen LogP contribution in [0.1, 0.15) is 12.5 Å². The molecule has 0 amide bonds. The fourth-order valence-electron chi connectivity index (χ4n) is 1.41. The summed E-state index contributed by atoms with van der Waals surface area (Å²) in [6.07, 6.45) is 0. The summed E-state index contributed by atoms with van der Waals surface area (Å²) in [5, 5.41) is 8.95. The predicted molar refractivity (Wildman–Crippen MR) is 61.0 cm³/mol. The minimum Gasteiger partial charge on any atom is -0.467 e. The molecule has 4 nitrogen and oxygen atoms in total. The van der Waals surface area contributed by atoms with Crippen LogP contribution in [0.4, 0.5) is 5.69 Å². The highest BCUT2D eigenvalue weighted by molar-refractivity contribution is 5.80. The molecule has 0 bridgehead atoms. The molecule has 0 aliphatic rings. The minimum atomic E-state index is -0.417. The fraction of sp³-hybridized carbons (Fsp3) is 0.333. The number of methoxy groups -OCH3 is 1. The van der Waals surface area contributed by atoms with E-state index in [4.69, 9.17) is 5.26 Å². The Balaban J connectivity index is 3.01. The number of nitriles is 1. The average Bonchev–Trinajstić information content (AvgIpc) is 2.35. The third-order valence-corrected chi connectivity index (χ3v) is 2.53. The molecule has 0 aliphatic carbocycles. The van der Waals surface area contributed by atoms with E-state index >= 15 is 0 Å². The summed E-state index contributed by atoms with van der Waals surface area (Å²) in [5.41, 5.74) is 1.27. The van der Waals surface area contributed by atoms with Crippen LogP contribution in [0.15, 0.2) is 24.3 Å². The van der Waals surface area contributed by atoms with Crippen LogP contribution in [0, 0.1) is 11.3 Å². The van der Waals surface area contributed by atoms with Gasteiger partial charge in [-0.1, -0.05) is 12.1 Å². The average molecular weight is 218 g/mol. The van der Waals surface area contributed by atoms with E-state index in [9.17, 15) is 4.79 Å². The lowest BCUT2D eigenvalue weighted by molar-refractivity contribution is -0.141. The second-order valence-electron chi connectivity index (χ2n) is 3.44. The van der Waals surface area contributed by atoms with Crippen LogP contribution in [0.5, 0.6) is 0 Å². The Hall–Kier alpha value is -2.02. The van der Waals surface area contributed by atoms with Gasteiger partial charge in [-0.3, -0.25) is 0 Å². The highest BCUT2D eigenvalue weighted by Gasteiger charge is 2.20. The Morgan fingerprint density at radius 3 is 2.69 bits per heavy atom. The van der Waals surface area contributed by atoms with Crippen molar-refractivity contribution in [1.29, 1.82) is 5.26 Å². The van der Waals surface area contributed by atoms with Crippen molar-refractivity contribution in [2.24, 2.45) is 0 Å². The number of ether oxygens (including phenoxy) is 1. The molecule has 0 radical (unpaired) electrons. The van der Waals surface area contributed by atoms with Gasteiger partial charge in [-0.05, 0) is 19.1 Å². The molecule has 0 saturated carbocycles. The number of likely N-dealkylation sites (N-methyl/N-ethyl adjacent to an activating group) is 1. The normalized spacial score (nSPS) is 11.4. The fourth-order valence-corrected chi connectivity index (χ4v) is 1.41. The van der Waals surface area contributed by atoms with Crippen molar-refractivity contribution >= 4 is 11.7 Å². The molecule has 1 aromatic carbocycles. The summed E-state index contributed by atoms with van der Waals surface area (Å²) in [6, 6.07) is 8.82. The van der Waals surface area contributed by atoms with E-state index in [-0.39, 0.29) is 5.97 Å². The molecule has 16 heavy (non-hydrogen) atoms. The summed E-state index contributed by atoms with van der Waals surface area (Å²) in [6.45, 7) is 1.74. The van der Waals surface area contributed by atoms with Crippen LogP contribution in [-0.2, 0) is 9.53 Å². The topological polar surface area (TPSA) is 53.3 Å². The molecule has 1 aromatic rings. The molecule has 0 aromatic heterocycles. The number of nitrogens with zero attached hydrogens (tertiary/aromatic N) is 2. The highest BCUT2D eigenvalue weighted by Crippen LogP contribution is 2.20. The molecule has 4 heteroatoms. The first-order valence-corrected chi connectivity index (χ1v) is 4.91. The smallest absolute Gasteiger partial charge is 0.328 e. The zero-order chi connectivity index (χ0) is 12.1. The summed E-state index contributed by atoms with van der Waals surface area (Å²) >= 11 is 0. The third kappa shape index (κ3) is 2.31. The van der Waals surface area contributed by atoms with E-state index in [0.29, 0.717) is 5.56 Å². The van der Waals surface area contributed by atoms with E-state index in [1.54, 1.807) is 37.1 Å². The van der Waals surface area contributed by atoms with E-state index in [1.807, 2.05) is 6.07 Å². The van der Waals surface area contributed by atoms with Gasteiger partial charge < -0.3 is 9.64 Å². The lowest BCUT2D eigenvalue weighted by atomic mass is 10.1.